The van der Waals surface area contributed by atoms with Crippen molar-refractivity contribution in [2.75, 3.05) is 10.6 Å². The number of hydrogen-bond donors (Lipinski definition) is 2. The van der Waals surface area contributed by atoms with Gasteiger partial charge >= 0.3 is 6.18 Å². The van der Waals surface area contributed by atoms with E-state index in [0.29, 0.717) is 5.69 Å². The minimum Gasteiger partial charge on any atom is -0.363 e. The molecule has 0 atom stereocenters. The van der Waals surface area contributed by atoms with Crippen LogP contribution in [0.25, 0.3) is 11.5 Å². The first-order valence-electron chi connectivity index (χ1n) is 8.21. The zero-order valence-electron chi connectivity index (χ0n) is 13.9. The fraction of sp³-hybridized carbons (Fsp3) is 0.312. The maximum absolute atomic E-state index is 13.0. The van der Waals surface area contributed by atoms with Crippen molar-refractivity contribution in [3.63, 3.8) is 0 Å². The van der Waals surface area contributed by atoms with Crippen molar-refractivity contribution in [2.45, 2.75) is 31.5 Å². The highest BCUT2D eigenvalue weighted by Crippen LogP contribution is 2.29. The lowest BCUT2D eigenvalue weighted by atomic mass is 9.93. The van der Waals surface area contributed by atoms with Crippen LogP contribution < -0.4 is 10.6 Å². The van der Waals surface area contributed by atoms with Gasteiger partial charge in [0, 0.05) is 6.04 Å². The van der Waals surface area contributed by atoms with Gasteiger partial charge in [0.05, 0.1) is 6.20 Å². The van der Waals surface area contributed by atoms with Crippen molar-refractivity contribution in [1.82, 2.24) is 25.1 Å². The van der Waals surface area contributed by atoms with E-state index in [1.807, 2.05) is 0 Å². The van der Waals surface area contributed by atoms with Crippen molar-refractivity contribution in [3.05, 3.63) is 36.4 Å². The minimum atomic E-state index is -4.56. The Morgan fingerprint density at radius 2 is 1.85 bits per heavy atom. The van der Waals surface area contributed by atoms with E-state index in [9.17, 15) is 13.2 Å². The number of anilines is 3. The Hall–Kier alpha value is -3.24. The summed E-state index contributed by atoms with van der Waals surface area (Å²) in [5, 5.41) is 9.61. The fourth-order valence-corrected chi connectivity index (χ4v) is 2.46. The Balaban J connectivity index is 1.70. The Bertz CT molecular complexity index is 926. The number of alkyl halides is 3. The summed E-state index contributed by atoms with van der Waals surface area (Å²) < 4.78 is 43.6. The van der Waals surface area contributed by atoms with Crippen molar-refractivity contribution in [3.8, 4) is 11.5 Å². The average molecular weight is 377 g/mol. The third kappa shape index (κ3) is 3.96. The van der Waals surface area contributed by atoms with Crippen LogP contribution in [0, 0.1) is 0 Å². The monoisotopic (exact) mass is 377 g/mol. The molecule has 0 spiro atoms. The zero-order valence-corrected chi connectivity index (χ0v) is 13.9. The SMILES string of the molecule is FC(F)(F)c1cccc(-c2nc(Nc3cnoc3)nc(NC3CCC3)n2)n1. The Morgan fingerprint density at radius 1 is 1.04 bits per heavy atom. The largest absolute Gasteiger partial charge is 0.433 e. The topological polar surface area (TPSA) is 102 Å². The van der Waals surface area contributed by atoms with Gasteiger partial charge in [0.25, 0.3) is 0 Å². The maximum Gasteiger partial charge on any atom is 0.433 e. The first-order valence-corrected chi connectivity index (χ1v) is 8.21. The summed E-state index contributed by atoms with van der Waals surface area (Å²) >= 11 is 0. The molecule has 1 saturated carbocycles. The standard InChI is InChI=1S/C16H14F3N7O/c17-16(18,19)12-6-2-5-11(23-12)13-24-14(21-9-3-1-4-9)26-15(25-13)22-10-7-20-27-8-10/h2,5-9H,1,3-4H2,(H2,21,22,24,25,26). The molecule has 0 unspecified atom stereocenters. The lowest BCUT2D eigenvalue weighted by Crippen LogP contribution is -2.28. The van der Waals surface area contributed by atoms with E-state index in [2.05, 4.69) is 35.7 Å². The zero-order chi connectivity index (χ0) is 18.9. The molecule has 11 heteroatoms. The molecule has 0 aliphatic heterocycles. The molecule has 0 radical (unpaired) electrons. The van der Waals surface area contributed by atoms with E-state index in [-0.39, 0.29) is 29.5 Å². The van der Waals surface area contributed by atoms with E-state index in [4.69, 9.17) is 4.52 Å². The van der Waals surface area contributed by atoms with Crippen LogP contribution >= 0.6 is 0 Å². The average Bonchev–Trinajstić information content (AvgIpc) is 3.10. The molecule has 0 aromatic carbocycles. The van der Waals surface area contributed by atoms with E-state index in [0.717, 1.165) is 25.3 Å². The van der Waals surface area contributed by atoms with Crippen LogP contribution in [0.3, 0.4) is 0 Å². The van der Waals surface area contributed by atoms with Crippen LogP contribution in [-0.2, 0) is 6.18 Å². The van der Waals surface area contributed by atoms with E-state index in [1.54, 1.807) is 0 Å². The minimum absolute atomic E-state index is 0.00254. The predicted octanol–water partition coefficient (Wildman–Crippen LogP) is 3.65. The van der Waals surface area contributed by atoms with Gasteiger partial charge in [-0.3, -0.25) is 0 Å². The summed E-state index contributed by atoms with van der Waals surface area (Å²) in [4.78, 5) is 16.3. The van der Waals surface area contributed by atoms with Crippen molar-refractivity contribution in [1.29, 1.82) is 0 Å². The normalized spacial score (nSPS) is 14.6. The summed E-state index contributed by atoms with van der Waals surface area (Å²) in [6.07, 6.45) is 1.29. The van der Waals surface area contributed by atoms with E-state index in [1.165, 1.54) is 24.6 Å². The number of rotatable bonds is 5. The predicted molar refractivity (Wildman–Crippen MR) is 89.1 cm³/mol. The van der Waals surface area contributed by atoms with Gasteiger partial charge in [0.2, 0.25) is 11.9 Å². The molecule has 0 saturated heterocycles. The van der Waals surface area contributed by atoms with Crippen LogP contribution in [0.1, 0.15) is 25.0 Å². The number of aromatic nitrogens is 5. The van der Waals surface area contributed by atoms with Crippen LogP contribution in [0.2, 0.25) is 0 Å². The maximum atomic E-state index is 13.0. The number of hydrogen-bond acceptors (Lipinski definition) is 8. The molecular formula is C16H14F3N7O. The summed E-state index contributed by atoms with van der Waals surface area (Å²) in [7, 11) is 0. The third-order valence-electron chi connectivity index (χ3n) is 4.03. The van der Waals surface area contributed by atoms with Gasteiger partial charge < -0.3 is 15.2 Å². The van der Waals surface area contributed by atoms with Gasteiger partial charge in [0.15, 0.2) is 5.82 Å². The molecule has 8 nitrogen and oxygen atoms in total. The van der Waals surface area contributed by atoms with Gasteiger partial charge in [0.1, 0.15) is 23.3 Å². The quantitative estimate of drug-likeness (QED) is 0.695. The van der Waals surface area contributed by atoms with Crippen LogP contribution in [0.15, 0.2) is 35.2 Å². The second-order valence-electron chi connectivity index (χ2n) is 6.02. The van der Waals surface area contributed by atoms with Gasteiger partial charge in [-0.25, -0.2) is 4.98 Å². The number of nitrogens with one attached hydrogen (secondary N) is 2. The Morgan fingerprint density at radius 3 is 2.52 bits per heavy atom. The first kappa shape index (κ1) is 17.2. The molecule has 4 rings (SSSR count). The van der Waals surface area contributed by atoms with Crippen molar-refractivity contribution in [2.24, 2.45) is 0 Å². The lowest BCUT2D eigenvalue weighted by Gasteiger charge is -2.26. The molecule has 3 aromatic heterocycles. The van der Waals surface area contributed by atoms with Crippen LogP contribution in [0.5, 0.6) is 0 Å². The molecule has 140 valence electrons. The number of nitrogens with zero attached hydrogens (tertiary/aromatic N) is 5. The van der Waals surface area contributed by atoms with Gasteiger partial charge in [-0.1, -0.05) is 11.2 Å². The molecule has 3 heterocycles. The molecular weight excluding hydrogens is 363 g/mol. The summed E-state index contributed by atoms with van der Waals surface area (Å²) in [5.41, 5.74) is -0.515. The van der Waals surface area contributed by atoms with Crippen LogP contribution in [-0.4, -0.2) is 31.1 Å². The first-order chi connectivity index (χ1) is 13.0. The Kier molecular flexibility index (Phi) is 4.34. The molecule has 1 fully saturated rings. The van der Waals surface area contributed by atoms with Gasteiger partial charge in [-0.2, -0.15) is 28.1 Å². The van der Waals surface area contributed by atoms with Crippen LogP contribution in [0.4, 0.5) is 30.8 Å². The smallest absolute Gasteiger partial charge is 0.363 e. The fourth-order valence-electron chi connectivity index (χ4n) is 2.46. The van der Waals surface area contributed by atoms with E-state index < -0.39 is 11.9 Å². The summed E-state index contributed by atoms with van der Waals surface area (Å²) in [6.45, 7) is 0. The van der Waals surface area contributed by atoms with E-state index >= 15 is 0 Å². The molecule has 1 aliphatic rings. The summed E-state index contributed by atoms with van der Waals surface area (Å²) in [5.74, 6) is 0.434. The third-order valence-corrected chi connectivity index (χ3v) is 4.03. The Labute approximate surface area is 151 Å². The number of halogens is 3. The molecule has 0 amide bonds. The molecule has 0 bridgehead atoms. The molecule has 3 aromatic rings. The highest BCUT2D eigenvalue weighted by Gasteiger charge is 2.32. The lowest BCUT2D eigenvalue weighted by molar-refractivity contribution is -0.141. The number of pyridine rings is 1. The second kappa shape index (κ2) is 6.82. The van der Waals surface area contributed by atoms with Crippen molar-refractivity contribution >= 4 is 17.6 Å². The highest BCUT2D eigenvalue weighted by atomic mass is 19.4. The molecule has 27 heavy (non-hydrogen) atoms. The molecule has 2 N–H and O–H groups in total. The van der Waals surface area contributed by atoms with Gasteiger partial charge in [-0.05, 0) is 31.4 Å². The second-order valence-corrected chi connectivity index (χ2v) is 6.02. The summed E-state index contributed by atoms with van der Waals surface area (Å²) in [6, 6.07) is 3.81. The van der Waals surface area contributed by atoms with Crippen molar-refractivity contribution < 1.29 is 17.7 Å². The van der Waals surface area contributed by atoms with Gasteiger partial charge in [-0.15, -0.1) is 0 Å². The highest BCUT2D eigenvalue weighted by molar-refractivity contribution is 5.57. The molecule has 1 aliphatic carbocycles.